The lowest BCUT2D eigenvalue weighted by Gasteiger charge is -2.11. The number of hydrogen-bond acceptors (Lipinski definition) is 3. The SMILES string of the molecule is CCNc1cccc(C(=O)NCC2CCC(C)C2)n1. The zero-order chi connectivity index (χ0) is 13.7. The Labute approximate surface area is 115 Å². The van der Waals surface area contributed by atoms with Gasteiger partial charge in [-0.1, -0.05) is 19.4 Å². The second kappa shape index (κ2) is 6.55. The van der Waals surface area contributed by atoms with Crippen LogP contribution in [0.25, 0.3) is 0 Å². The molecule has 0 saturated heterocycles. The van der Waals surface area contributed by atoms with Gasteiger partial charge >= 0.3 is 0 Å². The van der Waals surface area contributed by atoms with Crippen molar-refractivity contribution in [3.05, 3.63) is 23.9 Å². The highest BCUT2D eigenvalue weighted by atomic mass is 16.1. The first-order chi connectivity index (χ1) is 9.19. The molecule has 0 bridgehead atoms. The Morgan fingerprint density at radius 1 is 1.42 bits per heavy atom. The van der Waals surface area contributed by atoms with Crippen LogP contribution >= 0.6 is 0 Å². The van der Waals surface area contributed by atoms with Crippen LogP contribution in [0.15, 0.2) is 18.2 Å². The number of hydrogen-bond donors (Lipinski definition) is 2. The largest absolute Gasteiger partial charge is 0.370 e. The minimum absolute atomic E-state index is 0.0701. The van der Waals surface area contributed by atoms with Crippen molar-refractivity contribution in [2.75, 3.05) is 18.4 Å². The molecule has 1 aliphatic carbocycles. The average molecular weight is 261 g/mol. The molecule has 1 saturated carbocycles. The number of aromatic nitrogens is 1. The molecule has 2 unspecified atom stereocenters. The molecule has 0 aliphatic heterocycles. The number of anilines is 1. The molecule has 1 aliphatic rings. The van der Waals surface area contributed by atoms with E-state index in [-0.39, 0.29) is 5.91 Å². The first kappa shape index (κ1) is 13.8. The molecular weight excluding hydrogens is 238 g/mol. The summed E-state index contributed by atoms with van der Waals surface area (Å²) in [6.45, 7) is 5.87. The molecule has 4 nitrogen and oxygen atoms in total. The van der Waals surface area contributed by atoms with Crippen LogP contribution in [0.3, 0.4) is 0 Å². The molecule has 1 fully saturated rings. The lowest BCUT2D eigenvalue weighted by Crippen LogP contribution is -2.29. The third-order valence-corrected chi connectivity index (χ3v) is 3.69. The average Bonchev–Trinajstić information content (AvgIpc) is 2.82. The van der Waals surface area contributed by atoms with Crippen LogP contribution in [0, 0.1) is 11.8 Å². The molecule has 2 N–H and O–H groups in total. The van der Waals surface area contributed by atoms with E-state index in [1.807, 2.05) is 19.1 Å². The van der Waals surface area contributed by atoms with Crippen LogP contribution in [-0.2, 0) is 0 Å². The molecule has 1 amide bonds. The molecular formula is C15H23N3O. The number of carbonyl (C=O) groups excluding carboxylic acids is 1. The molecule has 1 aromatic heterocycles. The highest BCUT2D eigenvalue weighted by molar-refractivity contribution is 5.92. The number of rotatable bonds is 5. The maximum atomic E-state index is 12.0. The van der Waals surface area contributed by atoms with Gasteiger partial charge in [-0.05, 0) is 43.7 Å². The maximum Gasteiger partial charge on any atom is 0.269 e. The van der Waals surface area contributed by atoms with Crippen molar-refractivity contribution in [3.8, 4) is 0 Å². The van der Waals surface area contributed by atoms with Crippen molar-refractivity contribution in [2.45, 2.75) is 33.1 Å². The summed E-state index contributed by atoms with van der Waals surface area (Å²) in [6.07, 6.45) is 3.74. The highest BCUT2D eigenvalue weighted by Crippen LogP contribution is 2.29. The van der Waals surface area contributed by atoms with Crippen molar-refractivity contribution >= 4 is 11.7 Å². The van der Waals surface area contributed by atoms with Crippen molar-refractivity contribution in [1.29, 1.82) is 0 Å². The van der Waals surface area contributed by atoms with Gasteiger partial charge in [0, 0.05) is 13.1 Å². The quantitative estimate of drug-likeness (QED) is 0.857. The van der Waals surface area contributed by atoms with Crippen molar-refractivity contribution in [2.24, 2.45) is 11.8 Å². The summed E-state index contributed by atoms with van der Waals surface area (Å²) in [4.78, 5) is 16.3. The Balaban J connectivity index is 1.87. The minimum Gasteiger partial charge on any atom is -0.370 e. The predicted octanol–water partition coefficient (Wildman–Crippen LogP) is 2.68. The number of nitrogens with zero attached hydrogens (tertiary/aromatic N) is 1. The van der Waals surface area contributed by atoms with E-state index in [9.17, 15) is 4.79 Å². The summed E-state index contributed by atoms with van der Waals surface area (Å²) in [5.41, 5.74) is 0.490. The van der Waals surface area contributed by atoms with E-state index < -0.39 is 0 Å². The van der Waals surface area contributed by atoms with E-state index in [1.165, 1.54) is 19.3 Å². The van der Waals surface area contributed by atoms with Crippen LogP contribution in [0.1, 0.15) is 43.6 Å². The van der Waals surface area contributed by atoms with Gasteiger partial charge in [-0.25, -0.2) is 4.98 Å². The Bertz CT molecular complexity index is 433. The molecule has 104 valence electrons. The fourth-order valence-corrected chi connectivity index (χ4v) is 2.68. The fraction of sp³-hybridized carbons (Fsp3) is 0.600. The third-order valence-electron chi connectivity index (χ3n) is 3.69. The minimum atomic E-state index is -0.0701. The van der Waals surface area contributed by atoms with Gasteiger partial charge in [0.2, 0.25) is 0 Å². The number of nitrogens with one attached hydrogen (secondary N) is 2. The maximum absolute atomic E-state index is 12.0. The van der Waals surface area contributed by atoms with Crippen LogP contribution in [0.5, 0.6) is 0 Å². The van der Waals surface area contributed by atoms with Crippen LogP contribution in [-0.4, -0.2) is 24.0 Å². The highest BCUT2D eigenvalue weighted by Gasteiger charge is 2.21. The van der Waals surface area contributed by atoms with E-state index in [0.29, 0.717) is 11.6 Å². The second-order valence-electron chi connectivity index (χ2n) is 5.43. The molecule has 1 heterocycles. The zero-order valence-corrected chi connectivity index (χ0v) is 11.8. The second-order valence-corrected chi connectivity index (χ2v) is 5.43. The topological polar surface area (TPSA) is 54.0 Å². The number of amides is 1. The predicted molar refractivity (Wildman–Crippen MR) is 77.2 cm³/mol. The van der Waals surface area contributed by atoms with Gasteiger partial charge in [-0.3, -0.25) is 4.79 Å². The van der Waals surface area contributed by atoms with Crippen molar-refractivity contribution in [3.63, 3.8) is 0 Å². The fourth-order valence-electron chi connectivity index (χ4n) is 2.68. The molecule has 0 aromatic carbocycles. The molecule has 0 spiro atoms. The molecule has 2 rings (SSSR count). The van der Waals surface area contributed by atoms with Gasteiger partial charge in [0.25, 0.3) is 5.91 Å². The van der Waals surface area contributed by atoms with Gasteiger partial charge in [0.1, 0.15) is 11.5 Å². The summed E-state index contributed by atoms with van der Waals surface area (Å²) >= 11 is 0. The van der Waals surface area contributed by atoms with E-state index in [4.69, 9.17) is 0 Å². The lowest BCUT2D eigenvalue weighted by atomic mass is 10.1. The van der Waals surface area contributed by atoms with Gasteiger partial charge in [0.15, 0.2) is 0 Å². The smallest absolute Gasteiger partial charge is 0.269 e. The monoisotopic (exact) mass is 261 g/mol. The van der Waals surface area contributed by atoms with Gasteiger partial charge in [-0.15, -0.1) is 0 Å². The lowest BCUT2D eigenvalue weighted by molar-refractivity contribution is 0.0942. The number of carbonyl (C=O) groups is 1. The molecule has 0 radical (unpaired) electrons. The normalized spacial score (nSPS) is 22.2. The summed E-state index contributed by atoms with van der Waals surface area (Å²) in [7, 11) is 0. The standard InChI is InChI=1S/C15H23N3O/c1-3-16-14-6-4-5-13(18-14)15(19)17-10-12-8-7-11(2)9-12/h4-6,11-12H,3,7-10H2,1-2H3,(H,16,18)(H,17,19). The zero-order valence-electron chi connectivity index (χ0n) is 11.8. The van der Waals surface area contributed by atoms with Gasteiger partial charge < -0.3 is 10.6 Å². The molecule has 19 heavy (non-hydrogen) atoms. The van der Waals surface area contributed by atoms with Crippen LogP contribution in [0.4, 0.5) is 5.82 Å². The first-order valence-electron chi connectivity index (χ1n) is 7.18. The third kappa shape index (κ3) is 3.94. The molecule has 4 heteroatoms. The van der Waals surface area contributed by atoms with Crippen LogP contribution < -0.4 is 10.6 Å². The number of pyridine rings is 1. The summed E-state index contributed by atoms with van der Waals surface area (Å²) in [6, 6.07) is 5.49. The van der Waals surface area contributed by atoms with E-state index >= 15 is 0 Å². The van der Waals surface area contributed by atoms with Gasteiger partial charge in [-0.2, -0.15) is 0 Å². The Hall–Kier alpha value is -1.58. The molecule has 1 aromatic rings. The van der Waals surface area contributed by atoms with Gasteiger partial charge in [0.05, 0.1) is 0 Å². The van der Waals surface area contributed by atoms with Crippen molar-refractivity contribution < 1.29 is 4.79 Å². The Morgan fingerprint density at radius 3 is 2.95 bits per heavy atom. The summed E-state index contributed by atoms with van der Waals surface area (Å²) in [5, 5.41) is 6.12. The Morgan fingerprint density at radius 2 is 2.26 bits per heavy atom. The summed E-state index contributed by atoms with van der Waals surface area (Å²) < 4.78 is 0. The van der Waals surface area contributed by atoms with E-state index in [2.05, 4.69) is 22.5 Å². The van der Waals surface area contributed by atoms with Crippen molar-refractivity contribution in [1.82, 2.24) is 10.3 Å². The molecule has 2 atom stereocenters. The van der Waals surface area contributed by atoms with E-state index in [0.717, 1.165) is 24.8 Å². The van der Waals surface area contributed by atoms with E-state index in [1.54, 1.807) is 6.07 Å². The Kier molecular flexibility index (Phi) is 4.77. The van der Waals surface area contributed by atoms with Crippen LogP contribution in [0.2, 0.25) is 0 Å². The summed E-state index contributed by atoms with van der Waals surface area (Å²) in [5.74, 6) is 2.12. The first-order valence-corrected chi connectivity index (χ1v) is 7.18.